The summed E-state index contributed by atoms with van der Waals surface area (Å²) in [6, 6.07) is 32.2. The summed E-state index contributed by atoms with van der Waals surface area (Å²) in [5.74, 6) is 0.477. The van der Waals surface area contributed by atoms with Gasteiger partial charge in [0.15, 0.2) is 0 Å². The minimum absolute atomic E-state index is 0. The second-order valence-corrected chi connectivity index (χ2v) is 20.6. The summed E-state index contributed by atoms with van der Waals surface area (Å²) in [6.45, 7) is 32.6. The molecule has 0 saturated carbocycles. The van der Waals surface area contributed by atoms with Crippen molar-refractivity contribution in [2.45, 2.75) is 139 Å². The van der Waals surface area contributed by atoms with Crippen LogP contribution in [-0.4, -0.2) is 21.0 Å². The van der Waals surface area contributed by atoms with Gasteiger partial charge in [0.05, 0.1) is 5.54 Å². The largest absolute Gasteiger partial charge is 2.00 e. The summed E-state index contributed by atoms with van der Waals surface area (Å²) in [5.41, 5.74) is 17.7. The Hall–Kier alpha value is -4.79. The van der Waals surface area contributed by atoms with Crippen LogP contribution in [0.25, 0.3) is 49.9 Å². The summed E-state index contributed by atoms with van der Waals surface area (Å²) in [5, 5.41) is 2.26. The predicted molar refractivity (Wildman–Crippen MR) is 256 cm³/mol. The fourth-order valence-corrected chi connectivity index (χ4v) is 10.7. The Balaban J connectivity index is 0.00000560. The summed E-state index contributed by atoms with van der Waals surface area (Å²) in [6.07, 6.45) is 0.487. The van der Waals surface area contributed by atoms with Crippen molar-refractivity contribution in [2.75, 3.05) is 0 Å². The van der Waals surface area contributed by atoms with Crippen molar-refractivity contribution in [3.63, 3.8) is 0 Å². The molecule has 4 nitrogen and oxygen atoms in total. The van der Waals surface area contributed by atoms with Crippen LogP contribution >= 0.6 is 0 Å². The quantitative estimate of drug-likeness (QED) is 0.165. The van der Waals surface area contributed by atoms with E-state index in [0.29, 0.717) is 5.90 Å². The van der Waals surface area contributed by atoms with Crippen LogP contribution in [0.15, 0.2) is 77.9 Å². The maximum Gasteiger partial charge on any atom is 2.00 e. The average molecular weight is 1000 g/mol. The van der Waals surface area contributed by atoms with Crippen LogP contribution in [-0.2, 0) is 48.6 Å². The van der Waals surface area contributed by atoms with Crippen molar-refractivity contribution in [3.8, 4) is 28.1 Å². The number of hydrogen-bond donors (Lipinski definition) is 0. The third kappa shape index (κ3) is 6.91. The Kier molecular flexibility index (Phi) is 9.91. The number of nitrogens with zero attached hydrogens (tertiary/aromatic N) is 3. The van der Waals surface area contributed by atoms with Gasteiger partial charge in [0.2, 0.25) is 0 Å². The molecule has 2 aliphatic rings. The molecule has 0 unspecified atom stereocenters. The van der Waals surface area contributed by atoms with Crippen LogP contribution in [0.3, 0.4) is 0 Å². The van der Waals surface area contributed by atoms with Crippen molar-refractivity contribution in [2.24, 2.45) is 4.99 Å². The molecule has 5 aromatic carbocycles. The molecule has 62 heavy (non-hydrogen) atoms. The number of hydrogen-bond acceptors (Lipinski definition) is 3. The molecule has 0 bridgehead atoms. The molecule has 2 atom stereocenters. The van der Waals surface area contributed by atoms with Crippen LogP contribution in [0.5, 0.6) is 0 Å². The Bertz CT molecular complexity index is 3100. The Morgan fingerprint density at radius 3 is 2.13 bits per heavy atom. The van der Waals surface area contributed by atoms with Crippen molar-refractivity contribution in [3.05, 3.63) is 152 Å². The van der Waals surface area contributed by atoms with E-state index in [2.05, 4.69) is 187 Å². The van der Waals surface area contributed by atoms with Crippen molar-refractivity contribution in [1.29, 1.82) is 0 Å². The average Bonchev–Trinajstić information content (AvgIpc) is 3.62. The molecule has 1 aliphatic carbocycles. The molecule has 9 rings (SSSR count). The first-order valence-corrected chi connectivity index (χ1v) is 21.9. The third-order valence-electron chi connectivity index (χ3n) is 13.7. The summed E-state index contributed by atoms with van der Waals surface area (Å²) in [7, 11) is 0. The van der Waals surface area contributed by atoms with Crippen molar-refractivity contribution >= 4 is 27.7 Å². The van der Waals surface area contributed by atoms with E-state index in [0.717, 1.165) is 83.3 Å². The van der Waals surface area contributed by atoms with Gasteiger partial charge in [-0.15, -0.1) is 41.5 Å². The van der Waals surface area contributed by atoms with Gasteiger partial charge in [-0.1, -0.05) is 113 Å². The smallest absolute Gasteiger partial charge is 0.508 e. The molecule has 2 aromatic heterocycles. The Labute approximate surface area is 387 Å². The molecule has 0 fully saturated rings. The molecule has 0 radical (unpaired) electrons. The number of ether oxygens (including phenoxy) is 1. The maximum absolute atomic E-state index is 9.62. The van der Waals surface area contributed by atoms with E-state index in [1.807, 2.05) is 6.20 Å². The van der Waals surface area contributed by atoms with Crippen LogP contribution in [0.1, 0.15) is 131 Å². The first-order chi connectivity index (χ1) is 29.3. The van der Waals surface area contributed by atoms with Crippen LogP contribution in [0, 0.1) is 60.6 Å². The Morgan fingerprint density at radius 1 is 0.742 bits per heavy atom. The van der Waals surface area contributed by atoms with Crippen LogP contribution in [0.4, 0.5) is 0 Å². The monoisotopic (exact) mass is 1000 g/mol. The van der Waals surface area contributed by atoms with Gasteiger partial charge in [-0.3, -0.25) is 4.99 Å². The molecule has 3 heterocycles. The van der Waals surface area contributed by atoms with Crippen molar-refractivity contribution in [1.82, 2.24) is 9.55 Å². The Morgan fingerprint density at radius 2 is 1.45 bits per heavy atom. The van der Waals surface area contributed by atoms with E-state index in [4.69, 9.17) is 14.7 Å². The molecule has 320 valence electrons. The molecular formula is C57H61N3OPt. The number of benzene rings is 5. The SMILES string of the molecule is [2H]C1([2H])C[C@@]2(C)N=C(c3[c-]c(-n4c5[c-]c(-c6cc(C(C)(C)C)ccn6)c(C)cc5c5cc(C)ccc54)cc(-c4c(C)cc(C)cc4C)c3)O[C@@]2(C)c2cc(C)c(C(C)(C)C)c(C)c21.[Pt+2]. The van der Waals surface area contributed by atoms with Gasteiger partial charge in [0.1, 0.15) is 11.5 Å². The number of aryl methyl sites for hydroxylation is 6. The molecule has 7 aromatic rings. The van der Waals surface area contributed by atoms with Crippen LogP contribution < -0.4 is 0 Å². The molecule has 1 aliphatic heterocycles. The van der Waals surface area contributed by atoms with Gasteiger partial charge in [-0.2, -0.15) is 0 Å². The van der Waals surface area contributed by atoms with Gasteiger partial charge in [-0.25, -0.2) is 0 Å². The summed E-state index contributed by atoms with van der Waals surface area (Å²) in [4.78, 5) is 10.4. The molecule has 0 saturated heterocycles. The fraction of sp³-hybridized carbons (Fsp3) is 0.368. The van der Waals surface area contributed by atoms with Crippen molar-refractivity contribution < 1.29 is 28.5 Å². The third-order valence-corrected chi connectivity index (χ3v) is 13.7. The van der Waals surface area contributed by atoms with Crippen LogP contribution in [0.2, 0.25) is 0 Å². The van der Waals surface area contributed by atoms with Gasteiger partial charge in [0.25, 0.3) is 0 Å². The second-order valence-electron chi connectivity index (χ2n) is 20.6. The van der Waals surface area contributed by atoms with Gasteiger partial charge < -0.3 is 14.3 Å². The van der Waals surface area contributed by atoms with E-state index >= 15 is 0 Å². The normalized spacial score (nSPS) is 20.0. The predicted octanol–water partition coefficient (Wildman–Crippen LogP) is 14.3. The van der Waals surface area contributed by atoms with E-state index in [1.54, 1.807) is 0 Å². The standard InChI is InChI=1S/C57H61N3O.Pt/c1-32-16-17-49-45(24-32)46-25-34(3)44(48-30-41(19-21-58-48)54(8,9)10)31-50(46)60(49)42-28-39(51-35(4)22-33(2)23-36(51)5)27-40(29-42)53-59-56(14)20-18-43-38(7)52(55(11,12)13)37(6)26-47(43)57(56,15)61-53;/h16-17,19,21-28,30H,18,20H2,1-15H3;/q-2;+2/t56-,57+;/m1./s1/i18D2;. The van der Waals surface area contributed by atoms with E-state index in [9.17, 15) is 2.74 Å². The van der Waals surface area contributed by atoms with Gasteiger partial charge in [0, 0.05) is 20.0 Å². The summed E-state index contributed by atoms with van der Waals surface area (Å²) >= 11 is 0. The number of aromatic nitrogens is 2. The zero-order chi connectivity index (χ0) is 45.5. The number of pyridine rings is 1. The first kappa shape index (κ1) is 41.2. The minimum Gasteiger partial charge on any atom is -0.508 e. The zero-order valence-corrected chi connectivity index (χ0v) is 41.5. The topological polar surface area (TPSA) is 39.4 Å². The van der Waals surface area contributed by atoms with Gasteiger partial charge in [-0.05, 0) is 158 Å². The second kappa shape index (κ2) is 14.9. The number of rotatable bonds is 4. The van der Waals surface area contributed by atoms with E-state index in [1.165, 1.54) is 33.4 Å². The molecule has 0 amide bonds. The first-order valence-electron chi connectivity index (χ1n) is 22.9. The van der Waals surface area contributed by atoms with E-state index < -0.39 is 17.5 Å². The minimum atomic E-state index is -1.62. The summed E-state index contributed by atoms with van der Waals surface area (Å²) < 4.78 is 28.8. The fourth-order valence-electron chi connectivity index (χ4n) is 10.7. The number of fused-ring (bicyclic) bond motifs is 6. The van der Waals surface area contributed by atoms with E-state index in [-0.39, 0.29) is 38.3 Å². The van der Waals surface area contributed by atoms with Gasteiger partial charge >= 0.3 is 21.1 Å². The number of aliphatic imine (C=N–C) groups is 1. The molecule has 0 N–H and O–H groups in total. The maximum atomic E-state index is 9.62. The zero-order valence-electron chi connectivity index (χ0n) is 41.2. The molecule has 5 heteroatoms. The molecule has 0 spiro atoms. The molecular weight excluding hydrogens is 938 g/mol.